The molecule has 102 valence electrons. The number of nitrogens with one attached hydrogen (secondary N) is 1. The van der Waals surface area contributed by atoms with Gasteiger partial charge in [0, 0.05) is 38.2 Å². The Bertz CT molecular complexity index is 478. The first-order valence-corrected chi connectivity index (χ1v) is 6.68. The summed E-state index contributed by atoms with van der Waals surface area (Å²) in [6.07, 6.45) is 5.03. The molecule has 1 aliphatic carbocycles. The summed E-state index contributed by atoms with van der Waals surface area (Å²) in [5, 5.41) is 11.4. The molecule has 0 atom stereocenters. The van der Waals surface area contributed by atoms with Gasteiger partial charge in [0.25, 0.3) is 0 Å². The van der Waals surface area contributed by atoms with Crippen molar-refractivity contribution in [3.63, 3.8) is 0 Å². The Morgan fingerprint density at radius 2 is 1.95 bits per heavy atom. The van der Waals surface area contributed by atoms with E-state index in [0.717, 1.165) is 12.2 Å². The minimum absolute atomic E-state index is 0.0826. The van der Waals surface area contributed by atoms with Crippen molar-refractivity contribution in [1.29, 1.82) is 0 Å². The van der Waals surface area contributed by atoms with E-state index in [4.69, 9.17) is 0 Å². The number of likely N-dealkylation sites (tertiary alicyclic amines) is 1. The minimum Gasteiger partial charge on any atom is -0.308 e. The Kier molecular flexibility index (Phi) is 3.29. The molecule has 2 aliphatic rings. The fourth-order valence-electron chi connectivity index (χ4n) is 2.14. The molecular weight excluding hydrogens is 246 g/mol. The molecule has 1 saturated heterocycles. The van der Waals surface area contributed by atoms with Crippen molar-refractivity contribution in [1.82, 2.24) is 25.2 Å². The molecule has 1 aromatic rings. The number of aromatic nitrogens is 3. The van der Waals surface area contributed by atoms with Gasteiger partial charge in [-0.25, -0.2) is 0 Å². The maximum Gasteiger partial charge on any atom is 0.229 e. The summed E-state index contributed by atoms with van der Waals surface area (Å²) in [5.41, 5.74) is 0.894. The average Bonchev–Trinajstić information content (AvgIpc) is 3.04. The Morgan fingerprint density at radius 3 is 2.63 bits per heavy atom. The first-order chi connectivity index (χ1) is 9.22. The van der Waals surface area contributed by atoms with Gasteiger partial charge in [0.05, 0.1) is 12.2 Å². The van der Waals surface area contributed by atoms with Crippen LogP contribution in [-0.2, 0) is 22.7 Å². The number of carbonyl (C=O) groups is 2. The van der Waals surface area contributed by atoms with E-state index in [1.54, 1.807) is 4.68 Å². The molecule has 2 heterocycles. The van der Waals surface area contributed by atoms with Gasteiger partial charge in [-0.3, -0.25) is 19.2 Å². The van der Waals surface area contributed by atoms with Crippen LogP contribution in [0.25, 0.3) is 0 Å². The van der Waals surface area contributed by atoms with Crippen LogP contribution in [0.2, 0.25) is 0 Å². The molecule has 3 rings (SSSR count). The molecule has 0 bridgehead atoms. The summed E-state index contributed by atoms with van der Waals surface area (Å²) in [5.74, 6) is -0.165. The van der Waals surface area contributed by atoms with Crippen molar-refractivity contribution in [2.45, 2.75) is 44.8 Å². The van der Waals surface area contributed by atoms with Crippen LogP contribution >= 0.6 is 0 Å². The number of hydrogen-bond donors (Lipinski definition) is 1. The first kappa shape index (κ1) is 12.3. The molecule has 1 saturated carbocycles. The Morgan fingerprint density at radius 1 is 1.21 bits per heavy atom. The quantitative estimate of drug-likeness (QED) is 0.711. The highest BCUT2D eigenvalue weighted by molar-refractivity contribution is 6.01. The van der Waals surface area contributed by atoms with E-state index in [2.05, 4.69) is 15.6 Å². The van der Waals surface area contributed by atoms with Crippen molar-refractivity contribution >= 4 is 11.8 Å². The number of carbonyl (C=O) groups excluding carboxylic acids is 2. The standard InChI is InChI=1S/C12H17N5O2/c18-11-3-4-12(19)17(11)6-5-16-8-10(14-15-16)7-13-9-1-2-9/h8-9,13H,1-7H2. The lowest BCUT2D eigenvalue weighted by atomic mass is 10.4. The number of rotatable bonds is 6. The molecule has 0 aromatic carbocycles. The number of amides is 2. The fraction of sp³-hybridized carbons (Fsp3) is 0.667. The lowest BCUT2D eigenvalue weighted by Gasteiger charge is -2.12. The smallest absolute Gasteiger partial charge is 0.229 e. The van der Waals surface area contributed by atoms with Crippen molar-refractivity contribution in [2.24, 2.45) is 0 Å². The van der Waals surface area contributed by atoms with Gasteiger partial charge in [-0.2, -0.15) is 0 Å². The van der Waals surface area contributed by atoms with E-state index in [1.807, 2.05) is 6.20 Å². The molecule has 2 fully saturated rings. The van der Waals surface area contributed by atoms with E-state index >= 15 is 0 Å². The van der Waals surface area contributed by atoms with E-state index in [9.17, 15) is 9.59 Å². The Labute approximate surface area is 110 Å². The van der Waals surface area contributed by atoms with Crippen LogP contribution in [0, 0.1) is 0 Å². The summed E-state index contributed by atoms with van der Waals surface area (Å²) >= 11 is 0. The molecule has 0 unspecified atom stereocenters. The predicted molar refractivity (Wildman–Crippen MR) is 65.8 cm³/mol. The predicted octanol–water partition coefficient (Wildman–Crippen LogP) is -0.321. The normalized spacial score (nSPS) is 19.5. The fourth-order valence-corrected chi connectivity index (χ4v) is 2.14. The highest BCUT2D eigenvalue weighted by Crippen LogP contribution is 2.18. The number of hydrogen-bond acceptors (Lipinski definition) is 5. The third kappa shape index (κ3) is 2.98. The third-order valence-electron chi connectivity index (χ3n) is 3.44. The van der Waals surface area contributed by atoms with Gasteiger partial charge in [-0.15, -0.1) is 5.10 Å². The van der Waals surface area contributed by atoms with Crippen LogP contribution in [0.1, 0.15) is 31.4 Å². The molecule has 19 heavy (non-hydrogen) atoms. The molecule has 7 nitrogen and oxygen atoms in total. The monoisotopic (exact) mass is 263 g/mol. The van der Waals surface area contributed by atoms with Gasteiger partial charge in [0.1, 0.15) is 0 Å². The lowest BCUT2D eigenvalue weighted by molar-refractivity contribution is -0.138. The maximum absolute atomic E-state index is 11.4. The highest BCUT2D eigenvalue weighted by atomic mass is 16.2. The third-order valence-corrected chi connectivity index (χ3v) is 3.44. The molecule has 2 amide bonds. The zero-order valence-electron chi connectivity index (χ0n) is 10.7. The van der Waals surface area contributed by atoms with Gasteiger partial charge < -0.3 is 5.32 Å². The Hall–Kier alpha value is -1.76. The molecule has 7 heteroatoms. The summed E-state index contributed by atoms with van der Waals surface area (Å²) in [7, 11) is 0. The van der Waals surface area contributed by atoms with Crippen LogP contribution < -0.4 is 5.32 Å². The SMILES string of the molecule is O=C1CCC(=O)N1CCn1cc(CNC2CC2)nn1. The topological polar surface area (TPSA) is 80.1 Å². The second-order valence-electron chi connectivity index (χ2n) is 5.07. The highest BCUT2D eigenvalue weighted by Gasteiger charge is 2.28. The van der Waals surface area contributed by atoms with Gasteiger partial charge in [0.2, 0.25) is 11.8 Å². The number of nitrogens with zero attached hydrogens (tertiary/aromatic N) is 4. The summed E-state index contributed by atoms with van der Waals surface area (Å²) in [4.78, 5) is 24.2. The van der Waals surface area contributed by atoms with Gasteiger partial charge >= 0.3 is 0 Å². The summed E-state index contributed by atoms with van der Waals surface area (Å²) < 4.78 is 1.68. The van der Waals surface area contributed by atoms with E-state index in [1.165, 1.54) is 17.7 Å². The molecular formula is C12H17N5O2. The zero-order valence-corrected chi connectivity index (χ0v) is 10.7. The van der Waals surface area contributed by atoms with E-state index in [0.29, 0.717) is 32.0 Å². The second-order valence-corrected chi connectivity index (χ2v) is 5.07. The van der Waals surface area contributed by atoms with Crippen molar-refractivity contribution in [3.05, 3.63) is 11.9 Å². The first-order valence-electron chi connectivity index (χ1n) is 6.68. The van der Waals surface area contributed by atoms with E-state index in [-0.39, 0.29) is 11.8 Å². The largest absolute Gasteiger partial charge is 0.308 e. The average molecular weight is 263 g/mol. The van der Waals surface area contributed by atoms with Crippen molar-refractivity contribution < 1.29 is 9.59 Å². The van der Waals surface area contributed by atoms with Crippen LogP contribution in [0.3, 0.4) is 0 Å². The zero-order chi connectivity index (χ0) is 13.2. The van der Waals surface area contributed by atoms with Gasteiger partial charge in [0.15, 0.2) is 0 Å². The van der Waals surface area contributed by atoms with Crippen molar-refractivity contribution in [3.8, 4) is 0 Å². The molecule has 1 aliphatic heterocycles. The molecule has 0 radical (unpaired) electrons. The molecule has 1 N–H and O–H groups in total. The van der Waals surface area contributed by atoms with Crippen molar-refractivity contribution in [2.75, 3.05) is 6.54 Å². The van der Waals surface area contributed by atoms with Crippen LogP contribution in [0.5, 0.6) is 0 Å². The second kappa shape index (κ2) is 5.08. The Balaban J connectivity index is 1.49. The summed E-state index contributed by atoms with van der Waals surface area (Å²) in [6, 6.07) is 0.644. The van der Waals surface area contributed by atoms with Crippen LogP contribution in [0.15, 0.2) is 6.20 Å². The van der Waals surface area contributed by atoms with Crippen LogP contribution in [-0.4, -0.2) is 44.3 Å². The maximum atomic E-state index is 11.4. The minimum atomic E-state index is -0.0826. The molecule has 0 spiro atoms. The number of imide groups is 1. The van der Waals surface area contributed by atoms with Gasteiger partial charge in [-0.05, 0) is 12.8 Å². The van der Waals surface area contributed by atoms with Crippen LogP contribution in [0.4, 0.5) is 0 Å². The summed E-state index contributed by atoms with van der Waals surface area (Å²) in [6.45, 7) is 1.62. The molecule has 1 aromatic heterocycles. The van der Waals surface area contributed by atoms with Gasteiger partial charge in [-0.1, -0.05) is 5.21 Å². The lowest BCUT2D eigenvalue weighted by Crippen LogP contribution is -2.32. The van der Waals surface area contributed by atoms with E-state index < -0.39 is 0 Å².